The first-order valence-corrected chi connectivity index (χ1v) is 6.25. The lowest BCUT2D eigenvalue weighted by Gasteiger charge is -2.22. The van der Waals surface area contributed by atoms with E-state index in [1.165, 1.54) is 0 Å². The molecule has 16 heavy (non-hydrogen) atoms. The minimum atomic E-state index is -0.0708. The van der Waals surface area contributed by atoms with Gasteiger partial charge in [-0.25, -0.2) is 0 Å². The van der Waals surface area contributed by atoms with E-state index in [9.17, 15) is 0 Å². The van der Waals surface area contributed by atoms with Gasteiger partial charge in [0.2, 0.25) is 0 Å². The van der Waals surface area contributed by atoms with Crippen LogP contribution in [-0.4, -0.2) is 38.5 Å². The number of ether oxygens (including phenoxy) is 2. The summed E-state index contributed by atoms with van der Waals surface area (Å²) in [5, 5.41) is 3.44. The Kier molecular flexibility index (Phi) is 7.98. The van der Waals surface area contributed by atoms with Crippen LogP contribution in [0.15, 0.2) is 0 Å². The average Bonchev–Trinajstić information content (AvgIpc) is 2.22. The molecule has 0 spiro atoms. The smallest absolute Gasteiger partial charge is 0.0644 e. The number of nitrogens with one attached hydrogen (secondary N) is 1. The Morgan fingerprint density at radius 2 is 1.75 bits per heavy atom. The minimum Gasteiger partial charge on any atom is -0.380 e. The number of hydrogen-bond donors (Lipinski definition) is 1. The Balaban J connectivity index is 3.35. The predicted molar refractivity (Wildman–Crippen MR) is 68.8 cm³/mol. The van der Waals surface area contributed by atoms with E-state index in [0.29, 0.717) is 12.0 Å². The van der Waals surface area contributed by atoms with E-state index in [1.54, 1.807) is 7.11 Å². The van der Waals surface area contributed by atoms with Crippen LogP contribution in [-0.2, 0) is 9.47 Å². The molecule has 1 unspecified atom stereocenters. The zero-order chi connectivity index (χ0) is 12.6. The molecule has 3 heteroatoms. The number of methoxy groups -OCH3 is 1. The molecule has 0 aliphatic carbocycles. The van der Waals surface area contributed by atoms with Gasteiger partial charge in [-0.3, -0.25) is 0 Å². The average molecular weight is 231 g/mol. The van der Waals surface area contributed by atoms with Gasteiger partial charge in [-0.15, -0.1) is 0 Å². The topological polar surface area (TPSA) is 30.5 Å². The molecule has 0 aromatic carbocycles. The third kappa shape index (κ3) is 8.08. The van der Waals surface area contributed by atoms with Crippen LogP contribution in [0.1, 0.15) is 41.0 Å². The summed E-state index contributed by atoms with van der Waals surface area (Å²) in [6, 6.07) is 0.555. The van der Waals surface area contributed by atoms with E-state index >= 15 is 0 Å². The Labute approximate surface area is 101 Å². The van der Waals surface area contributed by atoms with Gasteiger partial charge in [0.25, 0.3) is 0 Å². The van der Waals surface area contributed by atoms with E-state index in [-0.39, 0.29) is 5.60 Å². The summed E-state index contributed by atoms with van der Waals surface area (Å²) in [6.45, 7) is 13.3. The lowest BCUT2D eigenvalue weighted by molar-refractivity contribution is -0.00955. The Hall–Kier alpha value is -0.120. The fraction of sp³-hybridized carbons (Fsp3) is 1.00. The Bertz CT molecular complexity index is 169. The second-order valence-electron chi connectivity index (χ2n) is 5.31. The van der Waals surface area contributed by atoms with Gasteiger partial charge >= 0.3 is 0 Å². The van der Waals surface area contributed by atoms with Gasteiger partial charge in [0.15, 0.2) is 0 Å². The standard InChI is InChI=1S/C13H29NO2/c1-11(2)12(3)14-8-10-16-9-7-13(4,5)15-6/h11-12,14H,7-10H2,1-6H3. The highest BCUT2D eigenvalue weighted by molar-refractivity contribution is 4.67. The van der Waals surface area contributed by atoms with Crippen LogP contribution in [0.25, 0.3) is 0 Å². The van der Waals surface area contributed by atoms with Crippen molar-refractivity contribution in [1.29, 1.82) is 0 Å². The maximum absolute atomic E-state index is 5.56. The van der Waals surface area contributed by atoms with Gasteiger partial charge in [0.1, 0.15) is 0 Å². The predicted octanol–water partition coefficient (Wildman–Crippen LogP) is 2.45. The van der Waals surface area contributed by atoms with E-state index in [0.717, 1.165) is 26.2 Å². The summed E-state index contributed by atoms with van der Waals surface area (Å²) in [4.78, 5) is 0. The maximum atomic E-state index is 5.56. The van der Waals surface area contributed by atoms with Crippen molar-refractivity contribution in [3.8, 4) is 0 Å². The molecule has 0 aromatic heterocycles. The SMILES string of the molecule is COC(C)(C)CCOCCNC(C)C(C)C. The molecule has 0 radical (unpaired) electrons. The highest BCUT2D eigenvalue weighted by Gasteiger charge is 2.15. The van der Waals surface area contributed by atoms with E-state index in [4.69, 9.17) is 9.47 Å². The molecule has 0 bridgehead atoms. The Morgan fingerprint density at radius 3 is 2.25 bits per heavy atom. The molecular formula is C13H29NO2. The molecule has 0 amide bonds. The molecule has 0 saturated heterocycles. The number of rotatable bonds is 9. The molecule has 0 fully saturated rings. The maximum Gasteiger partial charge on any atom is 0.0644 e. The second-order valence-corrected chi connectivity index (χ2v) is 5.31. The summed E-state index contributed by atoms with van der Waals surface area (Å²) in [5.74, 6) is 0.674. The summed E-state index contributed by atoms with van der Waals surface area (Å²) in [6.07, 6.45) is 0.934. The molecule has 0 aromatic rings. The Morgan fingerprint density at radius 1 is 1.12 bits per heavy atom. The van der Waals surface area contributed by atoms with Gasteiger partial charge < -0.3 is 14.8 Å². The van der Waals surface area contributed by atoms with Gasteiger partial charge in [0.05, 0.1) is 12.2 Å². The molecular weight excluding hydrogens is 202 g/mol. The lowest BCUT2D eigenvalue weighted by atomic mass is 10.1. The highest BCUT2D eigenvalue weighted by Crippen LogP contribution is 2.12. The van der Waals surface area contributed by atoms with Crippen LogP contribution in [0, 0.1) is 5.92 Å². The normalized spacial score (nSPS) is 14.4. The van der Waals surface area contributed by atoms with Crippen LogP contribution in [0.4, 0.5) is 0 Å². The minimum absolute atomic E-state index is 0.0708. The quantitative estimate of drug-likeness (QED) is 0.618. The second kappa shape index (κ2) is 8.04. The van der Waals surface area contributed by atoms with Gasteiger partial charge in [-0.1, -0.05) is 13.8 Å². The first-order valence-electron chi connectivity index (χ1n) is 6.25. The zero-order valence-corrected chi connectivity index (χ0v) is 11.8. The third-order valence-corrected chi connectivity index (χ3v) is 3.11. The van der Waals surface area contributed by atoms with Gasteiger partial charge in [0, 0.05) is 26.3 Å². The van der Waals surface area contributed by atoms with Crippen LogP contribution in [0.2, 0.25) is 0 Å². The molecule has 98 valence electrons. The molecule has 0 aliphatic rings. The van der Waals surface area contributed by atoms with E-state index in [1.807, 2.05) is 0 Å². The third-order valence-electron chi connectivity index (χ3n) is 3.11. The largest absolute Gasteiger partial charge is 0.380 e. The molecule has 3 nitrogen and oxygen atoms in total. The van der Waals surface area contributed by atoms with Crippen LogP contribution >= 0.6 is 0 Å². The monoisotopic (exact) mass is 231 g/mol. The van der Waals surface area contributed by atoms with Crippen molar-refractivity contribution in [3.63, 3.8) is 0 Å². The summed E-state index contributed by atoms with van der Waals surface area (Å²) in [5.41, 5.74) is -0.0708. The van der Waals surface area contributed by atoms with Crippen molar-refractivity contribution in [1.82, 2.24) is 5.32 Å². The number of hydrogen-bond acceptors (Lipinski definition) is 3. The van der Waals surface area contributed by atoms with E-state index in [2.05, 4.69) is 39.9 Å². The van der Waals surface area contributed by atoms with Crippen molar-refractivity contribution < 1.29 is 9.47 Å². The molecule has 1 N–H and O–H groups in total. The molecule has 0 heterocycles. The highest BCUT2D eigenvalue weighted by atomic mass is 16.5. The van der Waals surface area contributed by atoms with Gasteiger partial charge in [-0.05, 0) is 33.1 Å². The summed E-state index contributed by atoms with van der Waals surface area (Å²) in [7, 11) is 1.74. The summed E-state index contributed by atoms with van der Waals surface area (Å²) < 4.78 is 10.9. The van der Waals surface area contributed by atoms with E-state index < -0.39 is 0 Å². The molecule has 0 saturated carbocycles. The van der Waals surface area contributed by atoms with Crippen LogP contribution < -0.4 is 5.32 Å². The molecule has 0 aliphatic heterocycles. The zero-order valence-electron chi connectivity index (χ0n) is 11.8. The lowest BCUT2D eigenvalue weighted by Crippen LogP contribution is -2.33. The van der Waals surface area contributed by atoms with Crippen molar-refractivity contribution in [3.05, 3.63) is 0 Å². The van der Waals surface area contributed by atoms with Gasteiger partial charge in [-0.2, -0.15) is 0 Å². The fourth-order valence-electron chi connectivity index (χ4n) is 1.12. The first-order chi connectivity index (χ1) is 7.39. The molecule has 0 rings (SSSR count). The summed E-state index contributed by atoms with van der Waals surface area (Å²) >= 11 is 0. The first kappa shape index (κ1) is 15.9. The fourth-order valence-corrected chi connectivity index (χ4v) is 1.12. The van der Waals surface area contributed by atoms with Crippen molar-refractivity contribution in [2.75, 3.05) is 26.9 Å². The van der Waals surface area contributed by atoms with Crippen molar-refractivity contribution >= 4 is 0 Å². The molecule has 1 atom stereocenters. The van der Waals surface area contributed by atoms with Crippen LogP contribution in [0.5, 0.6) is 0 Å². The van der Waals surface area contributed by atoms with Crippen molar-refractivity contribution in [2.24, 2.45) is 5.92 Å². The van der Waals surface area contributed by atoms with Crippen LogP contribution in [0.3, 0.4) is 0 Å². The van der Waals surface area contributed by atoms with Crippen molar-refractivity contribution in [2.45, 2.75) is 52.7 Å².